The lowest BCUT2D eigenvalue weighted by Gasteiger charge is -2.17. The average molecular weight is 366 g/mol. The minimum Gasteiger partial charge on any atom is -0.391 e. The molecule has 1 aliphatic heterocycles. The molecule has 1 fully saturated rings. The number of aliphatic hydroxyl groups is 1. The summed E-state index contributed by atoms with van der Waals surface area (Å²) in [6.45, 7) is 3.78. The van der Waals surface area contributed by atoms with E-state index in [0.29, 0.717) is 13.2 Å². The maximum atomic E-state index is 10.6. The molecule has 4 rings (SSSR count). The molecule has 1 N–H and O–H groups in total. The molecule has 142 valence electrons. The number of imidazole rings is 1. The zero-order chi connectivity index (χ0) is 18.6. The van der Waals surface area contributed by atoms with Gasteiger partial charge in [0.1, 0.15) is 5.82 Å². The van der Waals surface area contributed by atoms with Gasteiger partial charge in [0.05, 0.1) is 24.8 Å². The molecule has 0 spiro atoms. The van der Waals surface area contributed by atoms with Gasteiger partial charge in [0.2, 0.25) is 0 Å². The molecule has 0 radical (unpaired) electrons. The van der Waals surface area contributed by atoms with E-state index in [-0.39, 0.29) is 12.0 Å². The van der Waals surface area contributed by atoms with Crippen LogP contribution in [0.1, 0.15) is 11.4 Å². The van der Waals surface area contributed by atoms with Gasteiger partial charge >= 0.3 is 0 Å². The SMILES string of the molecule is COCCn1ccnc1CN1C[C@@H](Cc2ccnc3ccccc23)[C@@H](O)C1. The number of ether oxygens (including phenoxy) is 1. The number of methoxy groups -OCH3 is 1. The first-order chi connectivity index (χ1) is 13.2. The van der Waals surface area contributed by atoms with E-state index in [0.717, 1.165) is 37.4 Å². The van der Waals surface area contributed by atoms with Crippen LogP contribution in [0.3, 0.4) is 0 Å². The Bertz CT molecular complexity index is 889. The molecule has 0 bridgehead atoms. The van der Waals surface area contributed by atoms with Crippen LogP contribution < -0.4 is 0 Å². The molecule has 1 saturated heterocycles. The Hall–Kier alpha value is -2.28. The van der Waals surface area contributed by atoms with Crippen molar-refractivity contribution in [2.45, 2.75) is 25.6 Å². The zero-order valence-electron chi connectivity index (χ0n) is 15.7. The molecular weight excluding hydrogens is 340 g/mol. The minimum absolute atomic E-state index is 0.221. The van der Waals surface area contributed by atoms with Crippen LogP contribution in [0.2, 0.25) is 0 Å². The molecule has 0 unspecified atom stereocenters. The van der Waals surface area contributed by atoms with Crippen molar-refractivity contribution in [2.24, 2.45) is 5.92 Å². The van der Waals surface area contributed by atoms with E-state index >= 15 is 0 Å². The molecule has 6 heteroatoms. The van der Waals surface area contributed by atoms with E-state index in [9.17, 15) is 5.11 Å². The van der Waals surface area contributed by atoms with Crippen LogP contribution >= 0.6 is 0 Å². The summed E-state index contributed by atoms with van der Waals surface area (Å²) in [5.74, 6) is 1.24. The van der Waals surface area contributed by atoms with E-state index in [1.807, 2.05) is 36.8 Å². The quantitative estimate of drug-likeness (QED) is 0.694. The Labute approximate surface area is 159 Å². The number of hydrogen-bond acceptors (Lipinski definition) is 5. The third kappa shape index (κ3) is 4.03. The highest BCUT2D eigenvalue weighted by Crippen LogP contribution is 2.26. The second-order valence-corrected chi connectivity index (χ2v) is 7.24. The number of fused-ring (bicyclic) bond motifs is 1. The molecule has 6 nitrogen and oxygen atoms in total. The highest BCUT2D eigenvalue weighted by Gasteiger charge is 2.32. The standard InChI is InChI=1S/C21H26N4O2/c1-27-11-10-25-9-8-23-21(25)15-24-13-17(20(26)14-24)12-16-6-7-22-19-5-3-2-4-18(16)19/h2-9,17,20,26H,10-15H2,1H3/t17-,20+/m1/s1. The van der Waals surface area contributed by atoms with Crippen molar-refractivity contribution in [2.75, 3.05) is 26.8 Å². The van der Waals surface area contributed by atoms with Crippen LogP contribution in [0, 0.1) is 5.92 Å². The molecule has 27 heavy (non-hydrogen) atoms. The summed E-state index contributed by atoms with van der Waals surface area (Å²) in [7, 11) is 1.71. The third-order valence-electron chi connectivity index (χ3n) is 5.41. The van der Waals surface area contributed by atoms with Gasteiger partial charge in [0, 0.05) is 56.6 Å². The summed E-state index contributed by atoms with van der Waals surface area (Å²) in [5, 5.41) is 11.8. The molecule has 3 aromatic rings. The highest BCUT2D eigenvalue weighted by atomic mass is 16.5. The average Bonchev–Trinajstić information content (AvgIpc) is 3.27. The van der Waals surface area contributed by atoms with Gasteiger partial charge in [-0.1, -0.05) is 18.2 Å². The number of likely N-dealkylation sites (tertiary alicyclic amines) is 1. The first kappa shape index (κ1) is 18.1. The fourth-order valence-corrected chi connectivity index (χ4v) is 3.97. The normalized spacial score (nSPS) is 20.5. The number of pyridine rings is 1. The van der Waals surface area contributed by atoms with Gasteiger partial charge in [-0.15, -0.1) is 0 Å². The summed E-state index contributed by atoms with van der Waals surface area (Å²) < 4.78 is 7.29. The Morgan fingerprint density at radius 1 is 1.15 bits per heavy atom. The molecule has 0 aliphatic carbocycles. The van der Waals surface area contributed by atoms with Crippen molar-refractivity contribution < 1.29 is 9.84 Å². The van der Waals surface area contributed by atoms with Crippen LogP contribution in [0.25, 0.3) is 10.9 Å². The highest BCUT2D eigenvalue weighted by molar-refractivity contribution is 5.81. The van der Waals surface area contributed by atoms with Crippen molar-refractivity contribution in [1.82, 2.24) is 19.4 Å². The van der Waals surface area contributed by atoms with E-state index < -0.39 is 0 Å². The lowest BCUT2D eigenvalue weighted by molar-refractivity contribution is 0.140. The van der Waals surface area contributed by atoms with Crippen LogP contribution in [-0.4, -0.2) is 57.5 Å². The predicted octanol–water partition coefficient (Wildman–Crippen LogP) is 2.11. The zero-order valence-corrected chi connectivity index (χ0v) is 15.7. The smallest absolute Gasteiger partial charge is 0.122 e. The van der Waals surface area contributed by atoms with Gasteiger partial charge in [-0.25, -0.2) is 4.98 Å². The van der Waals surface area contributed by atoms with E-state index in [2.05, 4.69) is 31.6 Å². The maximum absolute atomic E-state index is 10.6. The second kappa shape index (κ2) is 8.17. The summed E-state index contributed by atoms with van der Waals surface area (Å²) in [4.78, 5) is 11.2. The van der Waals surface area contributed by atoms with Crippen LogP contribution in [0.15, 0.2) is 48.9 Å². The maximum Gasteiger partial charge on any atom is 0.122 e. The monoisotopic (exact) mass is 366 g/mol. The number of hydrogen-bond donors (Lipinski definition) is 1. The molecule has 3 heterocycles. The lowest BCUT2D eigenvalue weighted by Crippen LogP contribution is -2.24. The lowest BCUT2D eigenvalue weighted by atomic mass is 9.94. The van der Waals surface area contributed by atoms with Crippen LogP contribution in [-0.2, 0) is 24.2 Å². The molecule has 2 aromatic heterocycles. The number of aliphatic hydroxyl groups excluding tert-OH is 1. The molecule has 2 atom stereocenters. The second-order valence-electron chi connectivity index (χ2n) is 7.24. The first-order valence-electron chi connectivity index (χ1n) is 9.46. The predicted molar refractivity (Wildman–Crippen MR) is 104 cm³/mol. The van der Waals surface area contributed by atoms with Crippen molar-refractivity contribution in [3.05, 3.63) is 60.3 Å². The van der Waals surface area contributed by atoms with E-state index in [1.165, 1.54) is 10.9 Å². The largest absolute Gasteiger partial charge is 0.391 e. The van der Waals surface area contributed by atoms with E-state index in [1.54, 1.807) is 7.11 Å². The minimum atomic E-state index is -0.320. The van der Waals surface area contributed by atoms with E-state index in [4.69, 9.17) is 4.74 Å². The number of benzene rings is 1. The first-order valence-corrected chi connectivity index (χ1v) is 9.46. The number of nitrogens with zero attached hydrogens (tertiary/aromatic N) is 4. The van der Waals surface area contributed by atoms with Crippen molar-refractivity contribution in [1.29, 1.82) is 0 Å². The summed E-state index contributed by atoms with van der Waals surface area (Å²) in [6.07, 6.45) is 6.22. The number of β-amino-alcohol motifs (C(OH)–C–C–N with tert-alkyl or cyclic N) is 1. The van der Waals surface area contributed by atoms with Gasteiger partial charge in [0.25, 0.3) is 0 Å². The fourth-order valence-electron chi connectivity index (χ4n) is 3.97. The summed E-state index contributed by atoms with van der Waals surface area (Å²) in [5.41, 5.74) is 2.27. The third-order valence-corrected chi connectivity index (χ3v) is 5.41. The Balaban J connectivity index is 1.43. The number of para-hydroxylation sites is 1. The van der Waals surface area contributed by atoms with Gasteiger partial charge < -0.3 is 14.4 Å². The molecule has 0 saturated carbocycles. The molecule has 0 amide bonds. The van der Waals surface area contributed by atoms with Crippen molar-refractivity contribution in [3.63, 3.8) is 0 Å². The summed E-state index contributed by atoms with van der Waals surface area (Å²) >= 11 is 0. The van der Waals surface area contributed by atoms with Crippen molar-refractivity contribution in [3.8, 4) is 0 Å². The van der Waals surface area contributed by atoms with Crippen LogP contribution in [0.5, 0.6) is 0 Å². The van der Waals surface area contributed by atoms with Gasteiger partial charge in [0.15, 0.2) is 0 Å². The van der Waals surface area contributed by atoms with Gasteiger partial charge in [-0.2, -0.15) is 0 Å². The molecule has 1 aromatic carbocycles. The van der Waals surface area contributed by atoms with Gasteiger partial charge in [-0.05, 0) is 24.1 Å². The Morgan fingerprint density at radius 2 is 2.04 bits per heavy atom. The van der Waals surface area contributed by atoms with Crippen molar-refractivity contribution >= 4 is 10.9 Å². The number of aromatic nitrogens is 3. The number of rotatable bonds is 7. The Morgan fingerprint density at radius 3 is 2.93 bits per heavy atom. The molecule has 1 aliphatic rings. The van der Waals surface area contributed by atoms with Gasteiger partial charge in [-0.3, -0.25) is 9.88 Å². The topological polar surface area (TPSA) is 63.4 Å². The molecular formula is C21H26N4O2. The fraction of sp³-hybridized carbons (Fsp3) is 0.429. The summed E-state index contributed by atoms with van der Waals surface area (Å²) in [6, 6.07) is 10.3. The van der Waals surface area contributed by atoms with Crippen LogP contribution in [0.4, 0.5) is 0 Å². The Kier molecular flexibility index (Phi) is 5.48.